The summed E-state index contributed by atoms with van der Waals surface area (Å²) < 4.78 is 0. The van der Waals surface area contributed by atoms with Crippen LogP contribution < -0.4 is 10.6 Å². The van der Waals surface area contributed by atoms with Crippen molar-refractivity contribution in [3.05, 3.63) is 66.0 Å². The average Bonchev–Trinajstić information content (AvgIpc) is 3.30. The van der Waals surface area contributed by atoms with Crippen LogP contribution in [-0.2, 0) is 0 Å². The van der Waals surface area contributed by atoms with Crippen LogP contribution in [0, 0.1) is 0 Å². The van der Waals surface area contributed by atoms with Crippen LogP contribution in [0.4, 0.5) is 0 Å². The lowest BCUT2D eigenvalue weighted by Gasteiger charge is -2.21. The fraction of sp³-hybridized carbons (Fsp3) is 0.250. The van der Waals surface area contributed by atoms with Gasteiger partial charge in [0, 0.05) is 18.4 Å². The van der Waals surface area contributed by atoms with Crippen LogP contribution in [0.25, 0.3) is 0 Å². The summed E-state index contributed by atoms with van der Waals surface area (Å²) in [6.07, 6.45) is 6.05. The van der Waals surface area contributed by atoms with Crippen LogP contribution >= 0.6 is 12.2 Å². The highest BCUT2D eigenvalue weighted by atomic mass is 32.1. The van der Waals surface area contributed by atoms with E-state index in [4.69, 9.17) is 12.2 Å². The third-order valence-electron chi connectivity index (χ3n) is 3.36. The predicted octanol–water partition coefficient (Wildman–Crippen LogP) is 2.80. The van der Waals surface area contributed by atoms with Crippen LogP contribution in [0.15, 0.2) is 54.9 Å². The maximum absolute atomic E-state index is 5.41. The molecule has 2 N–H and O–H groups in total. The second kappa shape index (κ2) is 6.01. The second-order valence-corrected chi connectivity index (χ2v) is 5.42. The van der Waals surface area contributed by atoms with E-state index >= 15 is 0 Å². The number of pyridine rings is 1. The summed E-state index contributed by atoms with van der Waals surface area (Å²) in [6, 6.07) is 15.0. The standard InChI is InChI=1S/C16H17N3S/c20-16(18-14-6-7-14)19-15(12-4-2-1-3-5-12)13-8-10-17-11-9-13/h1-5,8-11,14-15H,6-7H2,(H2,18,19,20)/t15-/m0/s1. The summed E-state index contributed by atoms with van der Waals surface area (Å²) in [5.41, 5.74) is 2.35. The molecule has 1 aliphatic rings. The van der Waals surface area contributed by atoms with Crippen molar-refractivity contribution in [3.63, 3.8) is 0 Å². The smallest absolute Gasteiger partial charge is 0.167 e. The minimum absolute atomic E-state index is 0.0537. The molecule has 4 heteroatoms. The summed E-state index contributed by atoms with van der Waals surface area (Å²) in [4.78, 5) is 4.08. The van der Waals surface area contributed by atoms with Gasteiger partial charge >= 0.3 is 0 Å². The Labute approximate surface area is 124 Å². The molecule has 0 radical (unpaired) electrons. The van der Waals surface area contributed by atoms with E-state index in [0.717, 1.165) is 10.7 Å². The molecule has 1 heterocycles. The van der Waals surface area contributed by atoms with Gasteiger partial charge in [0.25, 0.3) is 0 Å². The van der Waals surface area contributed by atoms with Gasteiger partial charge in [-0.1, -0.05) is 30.3 Å². The molecular formula is C16H17N3S. The van der Waals surface area contributed by atoms with Gasteiger partial charge in [-0.2, -0.15) is 0 Å². The van der Waals surface area contributed by atoms with Crippen LogP contribution in [0.5, 0.6) is 0 Å². The molecule has 1 fully saturated rings. The van der Waals surface area contributed by atoms with E-state index in [0.29, 0.717) is 6.04 Å². The first-order valence-corrected chi connectivity index (χ1v) is 7.25. The largest absolute Gasteiger partial charge is 0.360 e. The van der Waals surface area contributed by atoms with E-state index in [1.807, 2.05) is 42.7 Å². The van der Waals surface area contributed by atoms with Crippen molar-refractivity contribution in [2.24, 2.45) is 0 Å². The Morgan fingerprint density at radius 2 is 1.70 bits per heavy atom. The van der Waals surface area contributed by atoms with Crippen molar-refractivity contribution >= 4 is 17.3 Å². The number of aromatic nitrogens is 1. The van der Waals surface area contributed by atoms with Crippen molar-refractivity contribution in [2.45, 2.75) is 24.9 Å². The maximum Gasteiger partial charge on any atom is 0.167 e. The molecule has 1 saturated carbocycles. The van der Waals surface area contributed by atoms with Crippen molar-refractivity contribution in [1.82, 2.24) is 15.6 Å². The Hall–Kier alpha value is -1.94. The van der Waals surface area contributed by atoms with E-state index < -0.39 is 0 Å². The molecule has 0 saturated heterocycles. The molecule has 1 atom stereocenters. The zero-order chi connectivity index (χ0) is 13.8. The number of hydrogen-bond donors (Lipinski definition) is 2. The van der Waals surface area contributed by atoms with Gasteiger partial charge in [0.05, 0.1) is 6.04 Å². The number of benzene rings is 1. The summed E-state index contributed by atoms with van der Waals surface area (Å²) in [5.74, 6) is 0. The Bertz CT molecular complexity index is 527. The third-order valence-corrected chi connectivity index (χ3v) is 3.60. The lowest BCUT2D eigenvalue weighted by Crippen LogP contribution is -2.39. The normalized spacial score (nSPS) is 15.4. The quantitative estimate of drug-likeness (QED) is 0.846. The van der Waals surface area contributed by atoms with E-state index in [1.165, 1.54) is 18.4 Å². The molecular weight excluding hydrogens is 266 g/mol. The first kappa shape index (κ1) is 13.1. The summed E-state index contributed by atoms with van der Waals surface area (Å²) in [5, 5.41) is 7.46. The molecule has 0 spiro atoms. The Morgan fingerprint density at radius 1 is 1.05 bits per heavy atom. The van der Waals surface area contributed by atoms with Gasteiger partial charge in [-0.15, -0.1) is 0 Å². The molecule has 3 nitrogen and oxygen atoms in total. The molecule has 1 aliphatic carbocycles. The van der Waals surface area contributed by atoms with Crippen LogP contribution in [0.1, 0.15) is 30.0 Å². The molecule has 3 rings (SSSR count). The highest BCUT2D eigenvalue weighted by Gasteiger charge is 2.23. The van der Waals surface area contributed by atoms with Gasteiger partial charge in [0.2, 0.25) is 0 Å². The lowest BCUT2D eigenvalue weighted by molar-refractivity contribution is 0.733. The van der Waals surface area contributed by atoms with E-state index in [2.05, 4.69) is 27.8 Å². The highest BCUT2D eigenvalue weighted by molar-refractivity contribution is 7.80. The third kappa shape index (κ3) is 3.33. The van der Waals surface area contributed by atoms with Gasteiger partial charge in [-0.25, -0.2) is 0 Å². The van der Waals surface area contributed by atoms with E-state index in [-0.39, 0.29) is 6.04 Å². The number of nitrogens with zero attached hydrogens (tertiary/aromatic N) is 1. The van der Waals surface area contributed by atoms with Crippen LogP contribution in [0.3, 0.4) is 0 Å². The topological polar surface area (TPSA) is 37.0 Å². The van der Waals surface area contributed by atoms with Crippen LogP contribution in [0.2, 0.25) is 0 Å². The summed E-state index contributed by atoms with van der Waals surface area (Å²) >= 11 is 5.41. The molecule has 0 amide bonds. The highest BCUT2D eigenvalue weighted by Crippen LogP contribution is 2.22. The number of nitrogens with one attached hydrogen (secondary N) is 2. The second-order valence-electron chi connectivity index (χ2n) is 5.02. The molecule has 0 bridgehead atoms. The number of thiocarbonyl (C=S) groups is 1. The Morgan fingerprint density at radius 3 is 2.35 bits per heavy atom. The lowest BCUT2D eigenvalue weighted by atomic mass is 10.00. The molecule has 20 heavy (non-hydrogen) atoms. The van der Waals surface area contributed by atoms with Crippen molar-refractivity contribution in [2.75, 3.05) is 0 Å². The van der Waals surface area contributed by atoms with Gasteiger partial charge in [-0.05, 0) is 48.3 Å². The fourth-order valence-electron chi connectivity index (χ4n) is 2.15. The molecule has 2 aromatic rings. The maximum atomic E-state index is 5.41. The first-order chi connectivity index (χ1) is 9.83. The molecule has 0 aliphatic heterocycles. The van der Waals surface area contributed by atoms with Crippen molar-refractivity contribution in [3.8, 4) is 0 Å². The zero-order valence-electron chi connectivity index (χ0n) is 11.1. The predicted molar refractivity (Wildman–Crippen MR) is 84.4 cm³/mol. The van der Waals surface area contributed by atoms with Crippen molar-refractivity contribution in [1.29, 1.82) is 0 Å². The zero-order valence-corrected chi connectivity index (χ0v) is 11.9. The SMILES string of the molecule is S=C(NC1CC1)N[C@@H](c1ccccc1)c1ccncc1. The Kier molecular flexibility index (Phi) is 3.92. The molecule has 0 unspecified atom stereocenters. The van der Waals surface area contributed by atoms with Crippen molar-refractivity contribution < 1.29 is 0 Å². The monoisotopic (exact) mass is 283 g/mol. The molecule has 102 valence electrons. The van der Waals surface area contributed by atoms with Gasteiger partial charge in [-0.3, -0.25) is 4.98 Å². The first-order valence-electron chi connectivity index (χ1n) is 6.85. The molecule has 1 aromatic carbocycles. The average molecular weight is 283 g/mol. The van der Waals surface area contributed by atoms with Crippen LogP contribution in [-0.4, -0.2) is 16.1 Å². The number of rotatable bonds is 4. The van der Waals surface area contributed by atoms with Gasteiger partial charge in [0.15, 0.2) is 5.11 Å². The minimum atomic E-state index is 0.0537. The molecule has 1 aromatic heterocycles. The van der Waals surface area contributed by atoms with Gasteiger partial charge < -0.3 is 10.6 Å². The fourth-order valence-corrected chi connectivity index (χ4v) is 2.43. The summed E-state index contributed by atoms with van der Waals surface area (Å²) in [6.45, 7) is 0. The summed E-state index contributed by atoms with van der Waals surface area (Å²) in [7, 11) is 0. The van der Waals surface area contributed by atoms with E-state index in [1.54, 1.807) is 0 Å². The minimum Gasteiger partial charge on any atom is -0.360 e. The van der Waals surface area contributed by atoms with Gasteiger partial charge in [0.1, 0.15) is 0 Å². The Balaban J connectivity index is 1.81. The number of hydrogen-bond acceptors (Lipinski definition) is 2. The van der Waals surface area contributed by atoms with E-state index in [9.17, 15) is 0 Å².